The molecule has 3 N–H and O–H groups in total. The zero-order valence-corrected chi connectivity index (χ0v) is 11.2. The van der Waals surface area contributed by atoms with Crippen molar-refractivity contribution in [1.29, 1.82) is 0 Å². The van der Waals surface area contributed by atoms with Gasteiger partial charge in [-0.2, -0.15) is 0 Å². The molecule has 1 aliphatic rings. The minimum atomic E-state index is -0.00736. The zero-order chi connectivity index (χ0) is 13.8. The minimum absolute atomic E-state index is 0.00736. The number of piperidine rings is 1. The highest BCUT2D eigenvalue weighted by atomic mass is 16.5. The molecule has 19 heavy (non-hydrogen) atoms. The Balaban J connectivity index is 2.26. The smallest absolute Gasteiger partial charge is 0.226 e. The Bertz CT molecular complexity index is 477. The maximum absolute atomic E-state index is 8.73. The molecule has 0 aromatic carbocycles. The maximum atomic E-state index is 8.73. The first-order chi connectivity index (χ1) is 9.13. The topological polar surface area (TPSA) is 96.9 Å². The fourth-order valence-corrected chi connectivity index (χ4v) is 2.19. The van der Waals surface area contributed by atoms with E-state index in [2.05, 4.69) is 20.0 Å². The summed E-state index contributed by atoms with van der Waals surface area (Å²) < 4.78 is 5.39. The lowest BCUT2D eigenvalue weighted by Crippen LogP contribution is -2.40. The van der Waals surface area contributed by atoms with Crippen molar-refractivity contribution in [3.05, 3.63) is 17.5 Å². The molecule has 0 saturated carbocycles. The fraction of sp³-hybridized carbons (Fsp3) is 0.583. The summed E-state index contributed by atoms with van der Waals surface area (Å²) in [6, 6.07) is 1.69. The molecule has 1 aliphatic heterocycles. The Morgan fingerprint density at radius 2 is 2.37 bits per heavy atom. The van der Waals surface area contributed by atoms with Gasteiger partial charge in [0.15, 0.2) is 5.84 Å². The van der Waals surface area contributed by atoms with E-state index >= 15 is 0 Å². The van der Waals surface area contributed by atoms with Gasteiger partial charge in [0.25, 0.3) is 0 Å². The van der Waals surface area contributed by atoms with Crippen LogP contribution in [-0.2, 0) is 4.74 Å². The lowest BCUT2D eigenvalue weighted by Gasteiger charge is -2.32. The molecule has 7 heteroatoms. The van der Waals surface area contributed by atoms with Gasteiger partial charge in [-0.3, -0.25) is 0 Å². The van der Waals surface area contributed by atoms with Crippen LogP contribution < -0.4 is 10.6 Å². The van der Waals surface area contributed by atoms with Crippen molar-refractivity contribution in [1.82, 2.24) is 9.97 Å². The van der Waals surface area contributed by atoms with E-state index in [1.807, 2.05) is 6.92 Å². The Labute approximate surface area is 112 Å². The number of hydrogen-bond donors (Lipinski definition) is 2. The van der Waals surface area contributed by atoms with Gasteiger partial charge in [0.05, 0.1) is 6.10 Å². The normalized spacial score (nSPS) is 20.6. The summed E-state index contributed by atoms with van der Waals surface area (Å²) in [7, 11) is 1.72. The quantitative estimate of drug-likeness (QED) is 0.357. The van der Waals surface area contributed by atoms with Crippen LogP contribution in [0.3, 0.4) is 0 Å². The van der Waals surface area contributed by atoms with Crippen molar-refractivity contribution in [3.63, 3.8) is 0 Å². The standard InChI is InChI=1S/C12H19N5O2/c1-8-6-10(11(13)16-18)15-12(14-8)17-5-3-4-9(7-17)19-2/h6,9,18H,3-5,7H2,1-2H3,(H2,13,16). The van der Waals surface area contributed by atoms with Gasteiger partial charge in [0, 0.05) is 25.9 Å². The first kappa shape index (κ1) is 13.5. The van der Waals surface area contributed by atoms with Crippen LogP contribution >= 0.6 is 0 Å². The lowest BCUT2D eigenvalue weighted by atomic mass is 10.1. The molecular formula is C12H19N5O2. The van der Waals surface area contributed by atoms with E-state index in [0.717, 1.165) is 31.6 Å². The van der Waals surface area contributed by atoms with Gasteiger partial charge < -0.3 is 20.6 Å². The number of amidine groups is 1. The summed E-state index contributed by atoms with van der Waals surface area (Å²) >= 11 is 0. The SMILES string of the molecule is COC1CCCN(c2nc(C)cc(/C(N)=N/O)n2)C1. The number of aromatic nitrogens is 2. The van der Waals surface area contributed by atoms with Crippen molar-refractivity contribution in [2.45, 2.75) is 25.9 Å². The molecule has 104 valence electrons. The average molecular weight is 265 g/mol. The minimum Gasteiger partial charge on any atom is -0.409 e. The predicted molar refractivity (Wildman–Crippen MR) is 71.5 cm³/mol. The van der Waals surface area contributed by atoms with E-state index in [1.165, 1.54) is 0 Å². The number of ether oxygens (including phenoxy) is 1. The van der Waals surface area contributed by atoms with Gasteiger partial charge >= 0.3 is 0 Å². The molecule has 1 saturated heterocycles. The zero-order valence-electron chi connectivity index (χ0n) is 11.2. The average Bonchev–Trinajstić information content (AvgIpc) is 2.45. The van der Waals surface area contributed by atoms with E-state index in [-0.39, 0.29) is 11.9 Å². The van der Waals surface area contributed by atoms with E-state index in [9.17, 15) is 0 Å². The molecule has 7 nitrogen and oxygen atoms in total. The van der Waals surface area contributed by atoms with Gasteiger partial charge in [-0.25, -0.2) is 9.97 Å². The number of oxime groups is 1. The highest BCUT2D eigenvalue weighted by Crippen LogP contribution is 2.18. The second-order valence-electron chi connectivity index (χ2n) is 4.63. The van der Waals surface area contributed by atoms with Gasteiger partial charge in [0.1, 0.15) is 5.69 Å². The summed E-state index contributed by atoms with van der Waals surface area (Å²) in [6.45, 7) is 3.51. The molecule has 0 radical (unpaired) electrons. The maximum Gasteiger partial charge on any atom is 0.226 e. The van der Waals surface area contributed by atoms with Crippen LogP contribution in [0.5, 0.6) is 0 Å². The second-order valence-corrected chi connectivity index (χ2v) is 4.63. The highest BCUT2D eigenvalue weighted by molar-refractivity contribution is 5.95. The molecule has 0 spiro atoms. The van der Waals surface area contributed by atoms with Crippen LogP contribution in [0.25, 0.3) is 0 Å². The fourth-order valence-electron chi connectivity index (χ4n) is 2.19. The summed E-state index contributed by atoms with van der Waals surface area (Å²) in [5.74, 6) is 0.593. The van der Waals surface area contributed by atoms with Gasteiger partial charge in [-0.15, -0.1) is 0 Å². The summed E-state index contributed by atoms with van der Waals surface area (Å²) in [5, 5.41) is 11.7. The first-order valence-electron chi connectivity index (χ1n) is 6.25. The number of nitrogens with zero attached hydrogens (tertiary/aromatic N) is 4. The molecular weight excluding hydrogens is 246 g/mol. The van der Waals surface area contributed by atoms with Crippen LogP contribution in [-0.4, -0.2) is 47.3 Å². The monoisotopic (exact) mass is 265 g/mol. The molecule has 2 rings (SSSR count). The third-order valence-corrected chi connectivity index (χ3v) is 3.21. The Morgan fingerprint density at radius 1 is 1.58 bits per heavy atom. The summed E-state index contributed by atoms with van der Waals surface area (Å²) in [4.78, 5) is 10.8. The van der Waals surface area contributed by atoms with E-state index in [0.29, 0.717) is 11.6 Å². The molecule has 1 atom stereocenters. The van der Waals surface area contributed by atoms with Crippen molar-refractivity contribution >= 4 is 11.8 Å². The first-order valence-corrected chi connectivity index (χ1v) is 6.25. The molecule has 1 fully saturated rings. The number of aryl methyl sites for hydroxylation is 1. The Kier molecular flexibility index (Phi) is 4.16. The molecule has 1 aromatic heterocycles. The Hall–Kier alpha value is -1.89. The van der Waals surface area contributed by atoms with E-state index < -0.39 is 0 Å². The Morgan fingerprint density at radius 3 is 3.05 bits per heavy atom. The van der Waals surface area contributed by atoms with Gasteiger partial charge in [0.2, 0.25) is 5.95 Å². The van der Waals surface area contributed by atoms with Crippen molar-refractivity contribution in [3.8, 4) is 0 Å². The highest BCUT2D eigenvalue weighted by Gasteiger charge is 2.22. The lowest BCUT2D eigenvalue weighted by molar-refractivity contribution is 0.0889. The van der Waals surface area contributed by atoms with Crippen LogP contribution in [0.4, 0.5) is 5.95 Å². The van der Waals surface area contributed by atoms with Crippen molar-refractivity contribution in [2.75, 3.05) is 25.1 Å². The van der Waals surface area contributed by atoms with Gasteiger partial charge in [-0.1, -0.05) is 5.16 Å². The van der Waals surface area contributed by atoms with Crippen molar-refractivity contribution in [2.24, 2.45) is 10.9 Å². The number of methoxy groups -OCH3 is 1. The molecule has 1 unspecified atom stereocenters. The van der Waals surface area contributed by atoms with Crippen LogP contribution in [0.1, 0.15) is 24.2 Å². The van der Waals surface area contributed by atoms with E-state index in [1.54, 1.807) is 13.2 Å². The number of anilines is 1. The largest absolute Gasteiger partial charge is 0.409 e. The molecule has 0 amide bonds. The molecule has 2 heterocycles. The summed E-state index contributed by atoms with van der Waals surface area (Å²) in [6.07, 6.45) is 2.28. The van der Waals surface area contributed by atoms with Crippen LogP contribution in [0.15, 0.2) is 11.2 Å². The third-order valence-electron chi connectivity index (χ3n) is 3.21. The number of nitrogens with two attached hydrogens (primary N) is 1. The van der Waals surface area contributed by atoms with Crippen molar-refractivity contribution < 1.29 is 9.94 Å². The van der Waals surface area contributed by atoms with Crippen LogP contribution in [0, 0.1) is 6.92 Å². The second kappa shape index (κ2) is 5.83. The number of rotatable bonds is 3. The van der Waals surface area contributed by atoms with Gasteiger partial charge in [-0.05, 0) is 25.8 Å². The predicted octanol–water partition coefficient (Wildman–Crippen LogP) is 0.495. The third kappa shape index (κ3) is 3.11. The molecule has 0 aliphatic carbocycles. The molecule has 0 bridgehead atoms. The van der Waals surface area contributed by atoms with E-state index in [4.69, 9.17) is 15.7 Å². The number of hydrogen-bond acceptors (Lipinski definition) is 6. The molecule has 1 aromatic rings. The van der Waals surface area contributed by atoms with Crippen LogP contribution in [0.2, 0.25) is 0 Å². The summed E-state index contributed by atoms with van der Waals surface area (Å²) in [5.41, 5.74) is 6.80.